The van der Waals surface area contributed by atoms with E-state index in [0.29, 0.717) is 6.54 Å². The van der Waals surface area contributed by atoms with Gasteiger partial charge in [-0.05, 0) is 31.5 Å². The Morgan fingerprint density at radius 2 is 1.68 bits per heavy atom. The first kappa shape index (κ1) is 21.6. The molecule has 0 saturated heterocycles. The summed E-state index contributed by atoms with van der Waals surface area (Å²) in [6.07, 6.45) is -1.15. The molecule has 0 unspecified atom stereocenters. The lowest BCUT2D eigenvalue weighted by molar-refractivity contribution is -0.154. The number of esters is 1. The van der Waals surface area contributed by atoms with Crippen LogP contribution in [0.3, 0.4) is 0 Å². The van der Waals surface area contributed by atoms with Crippen molar-refractivity contribution in [3.05, 3.63) is 65.7 Å². The van der Waals surface area contributed by atoms with E-state index in [2.05, 4.69) is 10.0 Å². The van der Waals surface area contributed by atoms with Gasteiger partial charge < -0.3 is 10.1 Å². The van der Waals surface area contributed by atoms with E-state index in [9.17, 15) is 18.0 Å². The van der Waals surface area contributed by atoms with Crippen LogP contribution in [0.4, 0.5) is 0 Å². The topological polar surface area (TPSA) is 102 Å². The molecule has 0 saturated carbocycles. The Kier molecular flexibility index (Phi) is 7.71. The van der Waals surface area contributed by atoms with Crippen LogP contribution in [0, 0.1) is 6.92 Å². The largest absolute Gasteiger partial charge is 0.453 e. The molecular weight excluding hydrogens is 380 g/mol. The number of rotatable bonds is 9. The van der Waals surface area contributed by atoms with Crippen molar-refractivity contribution in [2.24, 2.45) is 0 Å². The molecule has 2 aromatic rings. The van der Waals surface area contributed by atoms with Crippen LogP contribution < -0.4 is 10.0 Å². The Labute approximate surface area is 165 Å². The number of hydrogen-bond acceptors (Lipinski definition) is 5. The third kappa shape index (κ3) is 6.79. The molecule has 2 aromatic carbocycles. The van der Waals surface area contributed by atoms with Crippen LogP contribution in [0.15, 0.2) is 59.5 Å². The molecule has 7 nitrogen and oxygen atoms in total. The van der Waals surface area contributed by atoms with Gasteiger partial charge in [0.05, 0.1) is 11.3 Å². The summed E-state index contributed by atoms with van der Waals surface area (Å²) >= 11 is 0. The normalized spacial score (nSPS) is 12.2. The number of amides is 1. The van der Waals surface area contributed by atoms with Crippen molar-refractivity contribution in [2.45, 2.75) is 37.8 Å². The van der Waals surface area contributed by atoms with Gasteiger partial charge in [0, 0.05) is 13.1 Å². The summed E-state index contributed by atoms with van der Waals surface area (Å²) in [5.41, 5.74) is 2.06. The number of hydrogen-bond donors (Lipinski definition) is 2. The summed E-state index contributed by atoms with van der Waals surface area (Å²) in [4.78, 5) is 24.0. The van der Waals surface area contributed by atoms with E-state index >= 15 is 0 Å². The highest BCUT2D eigenvalue weighted by Gasteiger charge is 2.18. The molecule has 0 spiro atoms. The summed E-state index contributed by atoms with van der Waals surface area (Å²) in [7, 11) is -3.68. The van der Waals surface area contributed by atoms with E-state index in [1.807, 2.05) is 31.2 Å². The molecule has 0 aliphatic carbocycles. The molecule has 2 N–H and O–H groups in total. The number of carbonyl (C=O) groups is 2. The number of ether oxygens (including phenoxy) is 1. The van der Waals surface area contributed by atoms with Crippen molar-refractivity contribution in [3.63, 3.8) is 0 Å². The zero-order valence-corrected chi connectivity index (χ0v) is 16.7. The smallest absolute Gasteiger partial charge is 0.307 e. The van der Waals surface area contributed by atoms with E-state index in [4.69, 9.17) is 4.74 Å². The maximum absolute atomic E-state index is 12.1. The third-order valence-electron chi connectivity index (χ3n) is 3.94. The molecule has 0 aromatic heterocycles. The fourth-order valence-electron chi connectivity index (χ4n) is 2.32. The van der Waals surface area contributed by atoms with Gasteiger partial charge in [0.15, 0.2) is 6.10 Å². The third-order valence-corrected chi connectivity index (χ3v) is 5.42. The number of carbonyl (C=O) groups excluding carboxylic acids is 2. The predicted molar refractivity (Wildman–Crippen MR) is 105 cm³/mol. The molecule has 0 fully saturated rings. The first-order valence-corrected chi connectivity index (χ1v) is 10.3. The van der Waals surface area contributed by atoms with Gasteiger partial charge in [-0.3, -0.25) is 9.59 Å². The lowest BCUT2D eigenvalue weighted by Gasteiger charge is -2.14. The molecule has 0 bridgehead atoms. The van der Waals surface area contributed by atoms with Gasteiger partial charge in [0.2, 0.25) is 10.0 Å². The summed E-state index contributed by atoms with van der Waals surface area (Å²) in [6, 6.07) is 15.6. The van der Waals surface area contributed by atoms with Gasteiger partial charge in [-0.15, -0.1) is 0 Å². The Morgan fingerprint density at radius 1 is 1.04 bits per heavy atom. The lowest BCUT2D eigenvalue weighted by Crippen LogP contribution is -2.36. The second-order valence-electron chi connectivity index (χ2n) is 6.30. The first-order valence-electron chi connectivity index (χ1n) is 8.85. The Balaban J connectivity index is 1.72. The number of sulfonamides is 1. The fourth-order valence-corrected chi connectivity index (χ4v) is 3.37. The van der Waals surface area contributed by atoms with E-state index in [-0.39, 0.29) is 17.9 Å². The minimum Gasteiger partial charge on any atom is -0.453 e. The van der Waals surface area contributed by atoms with Crippen molar-refractivity contribution in [2.75, 3.05) is 6.54 Å². The van der Waals surface area contributed by atoms with E-state index in [0.717, 1.165) is 11.1 Å². The molecular formula is C20H24N2O5S. The predicted octanol–water partition coefficient (Wildman–Crippen LogP) is 1.91. The van der Waals surface area contributed by atoms with Crippen LogP contribution >= 0.6 is 0 Å². The monoisotopic (exact) mass is 404 g/mol. The van der Waals surface area contributed by atoms with Crippen LogP contribution in [0.2, 0.25) is 0 Å². The van der Waals surface area contributed by atoms with Crippen molar-refractivity contribution >= 4 is 21.9 Å². The molecule has 0 aliphatic heterocycles. The number of aryl methyl sites for hydroxylation is 1. The van der Waals surface area contributed by atoms with Crippen LogP contribution in [-0.2, 0) is 30.9 Å². The van der Waals surface area contributed by atoms with Crippen LogP contribution in [-0.4, -0.2) is 32.9 Å². The highest BCUT2D eigenvalue weighted by Crippen LogP contribution is 2.07. The average Bonchev–Trinajstić information content (AvgIpc) is 2.67. The zero-order valence-electron chi connectivity index (χ0n) is 15.8. The highest BCUT2D eigenvalue weighted by atomic mass is 32.2. The molecule has 1 atom stereocenters. The summed E-state index contributed by atoms with van der Waals surface area (Å²) < 4.78 is 31.5. The summed E-state index contributed by atoms with van der Waals surface area (Å²) in [6.45, 7) is 3.66. The van der Waals surface area contributed by atoms with Gasteiger partial charge in [-0.1, -0.05) is 48.0 Å². The van der Waals surface area contributed by atoms with Gasteiger partial charge in [-0.2, -0.15) is 0 Å². The van der Waals surface area contributed by atoms with Gasteiger partial charge in [0.1, 0.15) is 0 Å². The van der Waals surface area contributed by atoms with E-state index < -0.39 is 28.0 Å². The molecule has 150 valence electrons. The molecule has 0 aliphatic rings. The fraction of sp³-hybridized carbons (Fsp3) is 0.300. The Hall–Kier alpha value is -2.71. The van der Waals surface area contributed by atoms with Crippen molar-refractivity contribution in [1.29, 1.82) is 0 Å². The van der Waals surface area contributed by atoms with E-state index in [1.165, 1.54) is 19.1 Å². The highest BCUT2D eigenvalue weighted by molar-refractivity contribution is 7.89. The molecule has 0 radical (unpaired) electrons. The molecule has 28 heavy (non-hydrogen) atoms. The van der Waals surface area contributed by atoms with Gasteiger partial charge in [0.25, 0.3) is 5.91 Å². The minimum absolute atomic E-state index is 0.117. The van der Waals surface area contributed by atoms with Crippen molar-refractivity contribution in [3.8, 4) is 0 Å². The summed E-state index contributed by atoms with van der Waals surface area (Å²) in [5.74, 6) is -1.08. The second-order valence-corrected chi connectivity index (χ2v) is 8.06. The SMILES string of the molecule is Cc1ccc(CNC(=O)[C@H](C)OC(=O)CCNS(=O)(=O)c2ccccc2)cc1. The van der Waals surface area contributed by atoms with Crippen LogP contribution in [0.1, 0.15) is 24.5 Å². The average molecular weight is 404 g/mol. The maximum Gasteiger partial charge on any atom is 0.307 e. The van der Waals surface area contributed by atoms with Crippen molar-refractivity contribution < 1.29 is 22.7 Å². The zero-order chi connectivity index (χ0) is 20.6. The Morgan fingerprint density at radius 3 is 2.32 bits per heavy atom. The van der Waals surface area contributed by atoms with Crippen LogP contribution in [0.5, 0.6) is 0 Å². The quantitative estimate of drug-likeness (QED) is 0.622. The van der Waals surface area contributed by atoms with E-state index in [1.54, 1.807) is 18.2 Å². The minimum atomic E-state index is -3.68. The second kappa shape index (κ2) is 10.0. The van der Waals surface area contributed by atoms with Crippen molar-refractivity contribution in [1.82, 2.24) is 10.0 Å². The molecule has 0 heterocycles. The van der Waals surface area contributed by atoms with Gasteiger partial charge >= 0.3 is 5.97 Å². The van der Waals surface area contributed by atoms with Crippen LogP contribution in [0.25, 0.3) is 0 Å². The Bertz CT molecular complexity index is 896. The van der Waals surface area contributed by atoms with Gasteiger partial charge in [-0.25, -0.2) is 13.1 Å². The molecule has 8 heteroatoms. The first-order chi connectivity index (χ1) is 13.3. The maximum atomic E-state index is 12.1. The summed E-state index contributed by atoms with van der Waals surface area (Å²) in [5, 5.41) is 2.70. The number of nitrogens with one attached hydrogen (secondary N) is 2. The number of benzene rings is 2. The standard InChI is InChI=1S/C20H24N2O5S/c1-15-8-10-17(11-9-15)14-21-20(24)16(2)27-19(23)12-13-22-28(25,26)18-6-4-3-5-7-18/h3-11,16,22H,12-14H2,1-2H3,(H,21,24)/t16-/m0/s1. The molecule has 2 rings (SSSR count). The lowest BCUT2D eigenvalue weighted by atomic mass is 10.1. The molecule has 1 amide bonds.